The van der Waals surface area contributed by atoms with Crippen LogP contribution in [0.5, 0.6) is 5.75 Å². The number of ether oxygens (including phenoxy) is 3. The largest absolute Gasteiger partial charge is 0.490 e. The summed E-state index contributed by atoms with van der Waals surface area (Å²) in [7, 11) is 0. The second-order valence-corrected chi connectivity index (χ2v) is 7.93. The second-order valence-electron chi connectivity index (χ2n) is 7.52. The monoisotopic (exact) mass is 551 g/mol. The predicted molar refractivity (Wildman–Crippen MR) is 132 cm³/mol. The van der Waals surface area contributed by atoms with Crippen molar-refractivity contribution in [2.24, 2.45) is 4.99 Å². The molecule has 1 aromatic rings. The fourth-order valence-electron chi connectivity index (χ4n) is 3.71. The van der Waals surface area contributed by atoms with Crippen molar-refractivity contribution in [2.45, 2.75) is 51.2 Å². The van der Waals surface area contributed by atoms with E-state index in [0.29, 0.717) is 36.1 Å². The van der Waals surface area contributed by atoms with E-state index in [-0.39, 0.29) is 24.0 Å². The summed E-state index contributed by atoms with van der Waals surface area (Å²) in [6.07, 6.45) is 6.23. The summed E-state index contributed by atoms with van der Waals surface area (Å²) < 4.78 is 17.6. The van der Waals surface area contributed by atoms with E-state index < -0.39 is 0 Å². The van der Waals surface area contributed by atoms with Crippen LogP contribution >= 0.6 is 35.6 Å². The first-order valence-corrected chi connectivity index (χ1v) is 11.3. The summed E-state index contributed by atoms with van der Waals surface area (Å²) in [4.78, 5) is 7.04. The Kier molecular flexibility index (Phi) is 12.2. The highest BCUT2D eigenvalue weighted by Gasteiger charge is 2.23. The van der Waals surface area contributed by atoms with E-state index in [1.54, 1.807) is 0 Å². The van der Waals surface area contributed by atoms with Crippen molar-refractivity contribution in [3.8, 4) is 5.75 Å². The highest BCUT2D eigenvalue weighted by atomic mass is 127. The molecule has 2 aliphatic heterocycles. The Bertz CT molecular complexity index is 636. The SMILES string of the molecule is CCNC(=NCCOc1ccccc1Cl)N1CCC(OCC2CCCCO2)CC1.I. The molecule has 0 amide bonds. The topological polar surface area (TPSA) is 55.3 Å². The van der Waals surface area contributed by atoms with Crippen molar-refractivity contribution in [1.82, 2.24) is 10.2 Å². The minimum Gasteiger partial charge on any atom is -0.490 e. The van der Waals surface area contributed by atoms with E-state index in [1.165, 1.54) is 12.8 Å². The molecule has 6 nitrogen and oxygen atoms in total. The van der Waals surface area contributed by atoms with Crippen LogP contribution in [0.3, 0.4) is 0 Å². The Hall–Kier alpha value is -0.770. The smallest absolute Gasteiger partial charge is 0.194 e. The van der Waals surface area contributed by atoms with E-state index >= 15 is 0 Å². The Labute approximate surface area is 202 Å². The maximum absolute atomic E-state index is 6.12. The molecule has 0 saturated carbocycles. The lowest BCUT2D eigenvalue weighted by molar-refractivity contribution is -0.0721. The van der Waals surface area contributed by atoms with Gasteiger partial charge in [0.1, 0.15) is 12.4 Å². The molecular formula is C22H35ClIN3O3. The van der Waals surface area contributed by atoms with Crippen molar-refractivity contribution >= 4 is 41.5 Å². The molecule has 0 aliphatic carbocycles. The third-order valence-electron chi connectivity index (χ3n) is 5.32. The zero-order valence-corrected chi connectivity index (χ0v) is 20.9. The van der Waals surface area contributed by atoms with Crippen LogP contribution in [0.4, 0.5) is 0 Å². The number of aliphatic imine (C=N–C) groups is 1. The summed E-state index contributed by atoms with van der Waals surface area (Å²) in [6.45, 7) is 7.55. The lowest BCUT2D eigenvalue weighted by Crippen LogP contribution is -2.47. The Balaban J connectivity index is 0.00000320. The number of nitrogens with zero attached hydrogens (tertiary/aromatic N) is 2. The van der Waals surface area contributed by atoms with E-state index in [1.807, 2.05) is 24.3 Å². The van der Waals surface area contributed by atoms with Gasteiger partial charge in [-0.15, -0.1) is 24.0 Å². The maximum atomic E-state index is 6.12. The number of guanidine groups is 1. The third-order valence-corrected chi connectivity index (χ3v) is 5.63. The number of halogens is 2. The van der Waals surface area contributed by atoms with Crippen LogP contribution in [0.2, 0.25) is 5.02 Å². The molecule has 2 aliphatic rings. The van der Waals surface area contributed by atoms with Crippen molar-refractivity contribution in [3.63, 3.8) is 0 Å². The minimum absolute atomic E-state index is 0. The first-order chi connectivity index (χ1) is 14.3. The van der Waals surface area contributed by atoms with Gasteiger partial charge in [0.15, 0.2) is 5.96 Å². The van der Waals surface area contributed by atoms with Gasteiger partial charge in [-0.3, -0.25) is 0 Å². The van der Waals surface area contributed by atoms with Gasteiger partial charge in [-0.25, -0.2) is 4.99 Å². The molecular weight excluding hydrogens is 517 g/mol. The molecule has 1 unspecified atom stereocenters. The molecule has 2 saturated heterocycles. The second kappa shape index (κ2) is 14.3. The first kappa shape index (κ1) is 25.5. The highest BCUT2D eigenvalue weighted by molar-refractivity contribution is 14.0. The number of piperidine rings is 1. The van der Waals surface area contributed by atoms with Crippen LogP contribution in [0.15, 0.2) is 29.3 Å². The van der Waals surface area contributed by atoms with Gasteiger partial charge >= 0.3 is 0 Å². The molecule has 170 valence electrons. The number of nitrogens with one attached hydrogen (secondary N) is 1. The zero-order valence-electron chi connectivity index (χ0n) is 17.9. The fraction of sp³-hybridized carbons (Fsp3) is 0.682. The molecule has 0 spiro atoms. The van der Waals surface area contributed by atoms with Gasteiger partial charge in [0.25, 0.3) is 0 Å². The van der Waals surface area contributed by atoms with Crippen LogP contribution in [0, 0.1) is 0 Å². The molecule has 3 rings (SSSR count). The number of rotatable bonds is 8. The van der Waals surface area contributed by atoms with E-state index in [0.717, 1.165) is 58.1 Å². The van der Waals surface area contributed by atoms with Gasteiger partial charge in [-0.05, 0) is 51.2 Å². The summed E-state index contributed by atoms with van der Waals surface area (Å²) in [6, 6.07) is 7.52. The molecule has 0 radical (unpaired) electrons. The quantitative estimate of drug-likeness (QED) is 0.225. The third kappa shape index (κ3) is 8.40. The van der Waals surface area contributed by atoms with Gasteiger partial charge in [-0.2, -0.15) is 0 Å². The molecule has 1 aromatic carbocycles. The van der Waals surface area contributed by atoms with Gasteiger partial charge in [0.05, 0.1) is 30.4 Å². The molecule has 1 atom stereocenters. The normalized spacial score (nSPS) is 20.5. The lowest BCUT2D eigenvalue weighted by atomic mass is 10.1. The van der Waals surface area contributed by atoms with Gasteiger partial charge in [0.2, 0.25) is 0 Å². The Morgan fingerprint density at radius 2 is 2.03 bits per heavy atom. The van der Waals surface area contributed by atoms with E-state index in [2.05, 4.69) is 17.1 Å². The molecule has 2 fully saturated rings. The van der Waals surface area contributed by atoms with Crippen molar-refractivity contribution < 1.29 is 14.2 Å². The molecule has 8 heteroatoms. The summed E-state index contributed by atoms with van der Waals surface area (Å²) in [5.74, 6) is 1.65. The van der Waals surface area contributed by atoms with Gasteiger partial charge in [0, 0.05) is 26.2 Å². The van der Waals surface area contributed by atoms with E-state index in [4.69, 9.17) is 30.8 Å². The molecule has 0 aromatic heterocycles. The van der Waals surface area contributed by atoms with Crippen molar-refractivity contribution in [1.29, 1.82) is 0 Å². The minimum atomic E-state index is 0. The summed E-state index contributed by atoms with van der Waals surface area (Å²) in [5.41, 5.74) is 0. The average molecular weight is 552 g/mol. The van der Waals surface area contributed by atoms with Crippen molar-refractivity contribution in [2.75, 3.05) is 46.0 Å². The number of likely N-dealkylation sites (tertiary alicyclic amines) is 1. The van der Waals surface area contributed by atoms with Crippen LogP contribution < -0.4 is 10.1 Å². The van der Waals surface area contributed by atoms with Crippen LogP contribution in [0.25, 0.3) is 0 Å². The Morgan fingerprint density at radius 1 is 1.23 bits per heavy atom. The van der Waals surface area contributed by atoms with E-state index in [9.17, 15) is 0 Å². The molecule has 2 heterocycles. The van der Waals surface area contributed by atoms with Gasteiger partial charge in [-0.1, -0.05) is 23.7 Å². The number of benzene rings is 1. The zero-order chi connectivity index (χ0) is 20.3. The number of hydrogen-bond acceptors (Lipinski definition) is 4. The van der Waals surface area contributed by atoms with Crippen molar-refractivity contribution in [3.05, 3.63) is 29.3 Å². The fourth-order valence-corrected chi connectivity index (χ4v) is 3.90. The average Bonchev–Trinajstić information content (AvgIpc) is 2.77. The standard InChI is InChI=1S/C22H34ClN3O3.HI/c1-2-24-22(25-12-16-28-21-9-4-3-8-20(21)23)26-13-10-18(11-14-26)29-17-19-7-5-6-15-27-19;/h3-4,8-9,18-19H,2,5-7,10-17H2,1H3,(H,24,25);1H. The predicted octanol–water partition coefficient (Wildman–Crippen LogP) is 4.35. The number of para-hydroxylation sites is 1. The first-order valence-electron chi connectivity index (χ1n) is 10.9. The molecule has 1 N–H and O–H groups in total. The lowest BCUT2D eigenvalue weighted by Gasteiger charge is -2.35. The summed E-state index contributed by atoms with van der Waals surface area (Å²) >= 11 is 6.12. The highest BCUT2D eigenvalue weighted by Crippen LogP contribution is 2.23. The number of hydrogen-bond donors (Lipinski definition) is 1. The Morgan fingerprint density at radius 3 is 2.73 bits per heavy atom. The summed E-state index contributed by atoms with van der Waals surface area (Å²) in [5, 5.41) is 4.02. The molecule has 0 bridgehead atoms. The van der Waals surface area contributed by atoms with Crippen LogP contribution in [-0.4, -0.2) is 69.1 Å². The molecule has 30 heavy (non-hydrogen) atoms. The maximum Gasteiger partial charge on any atom is 0.194 e. The van der Waals surface area contributed by atoms with Gasteiger partial charge < -0.3 is 24.4 Å². The van der Waals surface area contributed by atoms with Crippen LogP contribution in [0.1, 0.15) is 39.0 Å². The van der Waals surface area contributed by atoms with Crippen LogP contribution in [-0.2, 0) is 9.47 Å².